The minimum absolute atomic E-state index is 0.0581. The van der Waals surface area contributed by atoms with Crippen molar-refractivity contribution in [2.45, 2.75) is 39.2 Å². The van der Waals surface area contributed by atoms with E-state index >= 15 is 0 Å². The van der Waals surface area contributed by atoms with E-state index in [4.69, 9.17) is 4.74 Å². The maximum absolute atomic E-state index is 12.2. The zero-order chi connectivity index (χ0) is 18.1. The van der Waals surface area contributed by atoms with Gasteiger partial charge in [0, 0.05) is 19.0 Å². The minimum Gasteiger partial charge on any atom is -0.493 e. The quantitative estimate of drug-likeness (QED) is 0.626. The fourth-order valence-corrected chi connectivity index (χ4v) is 2.99. The molecule has 1 heterocycles. The van der Waals surface area contributed by atoms with Crippen LogP contribution in [-0.4, -0.2) is 44.1 Å². The Labute approximate surface area is 149 Å². The molecule has 2 rings (SSSR count). The average molecular weight is 347 g/mol. The molecule has 0 spiro atoms. The molecule has 3 N–H and O–H groups in total. The van der Waals surface area contributed by atoms with Crippen LogP contribution in [0.1, 0.15) is 43.5 Å². The van der Waals surface area contributed by atoms with Gasteiger partial charge in [-0.15, -0.1) is 0 Å². The molecule has 0 bridgehead atoms. The van der Waals surface area contributed by atoms with Gasteiger partial charge >= 0.3 is 0 Å². The van der Waals surface area contributed by atoms with Crippen LogP contribution in [0.4, 0.5) is 0 Å². The zero-order valence-corrected chi connectivity index (χ0v) is 15.1. The van der Waals surface area contributed by atoms with Crippen molar-refractivity contribution in [3.63, 3.8) is 0 Å². The monoisotopic (exact) mass is 347 g/mol. The third kappa shape index (κ3) is 6.05. The van der Waals surface area contributed by atoms with E-state index in [0.29, 0.717) is 43.2 Å². The van der Waals surface area contributed by atoms with Crippen molar-refractivity contribution in [3.05, 3.63) is 29.8 Å². The first-order chi connectivity index (χ1) is 12.1. The Morgan fingerprint density at radius 1 is 1.32 bits per heavy atom. The molecule has 1 aromatic carbocycles. The van der Waals surface area contributed by atoms with Gasteiger partial charge in [0.1, 0.15) is 5.75 Å². The van der Waals surface area contributed by atoms with Gasteiger partial charge in [-0.1, -0.05) is 19.1 Å². The van der Waals surface area contributed by atoms with Gasteiger partial charge in [0.2, 0.25) is 5.91 Å². The number of ether oxygens (including phenoxy) is 1. The van der Waals surface area contributed by atoms with Crippen molar-refractivity contribution in [1.29, 1.82) is 0 Å². The van der Waals surface area contributed by atoms with Crippen LogP contribution in [0.3, 0.4) is 0 Å². The van der Waals surface area contributed by atoms with E-state index in [1.54, 1.807) is 12.1 Å². The van der Waals surface area contributed by atoms with Crippen LogP contribution in [0.5, 0.6) is 5.75 Å². The molecule has 0 saturated carbocycles. The van der Waals surface area contributed by atoms with Crippen LogP contribution < -0.4 is 20.7 Å². The number of hydrogen-bond donors (Lipinski definition) is 3. The number of para-hydroxylation sites is 1. The Morgan fingerprint density at radius 3 is 2.88 bits per heavy atom. The molecule has 1 aromatic rings. The molecule has 2 unspecified atom stereocenters. The van der Waals surface area contributed by atoms with Crippen LogP contribution >= 0.6 is 0 Å². The van der Waals surface area contributed by atoms with E-state index in [0.717, 1.165) is 19.5 Å². The van der Waals surface area contributed by atoms with Gasteiger partial charge < -0.3 is 20.7 Å². The third-order valence-corrected chi connectivity index (χ3v) is 4.43. The van der Waals surface area contributed by atoms with Gasteiger partial charge in [-0.3, -0.25) is 9.59 Å². The summed E-state index contributed by atoms with van der Waals surface area (Å²) in [7, 11) is 0. The SMILES string of the molecule is CCOc1ccccc1C(=O)NCCCC(=O)NC1CCNCC1C. The molecule has 1 aliphatic heterocycles. The summed E-state index contributed by atoms with van der Waals surface area (Å²) in [5.41, 5.74) is 0.525. The number of benzene rings is 1. The fraction of sp³-hybridized carbons (Fsp3) is 0.579. The maximum atomic E-state index is 12.2. The van der Waals surface area contributed by atoms with Crippen molar-refractivity contribution in [2.24, 2.45) is 5.92 Å². The Bertz CT molecular complexity index is 577. The summed E-state index contributed by atoms with van der Waals surface area (Å²) in [5.74, 6) is 0.923. The fourth-order valence-electron chi connectivity index (χ4n) is 2.99. The van der Waals surface area contributed by atoms with Gasteiger partial charge in [-0.25, -0.2) is 0 Å². The highest BCUT2D eigenvalue weighted by atomic mass is 16.5. The predicted octanol–water partition coefficient (Wildman–Crippen LogP) is 1.71. The molecule has 6 nitrogen and oxygen atoms in total. The number of piperidine rings is 1. The number of carbonyl (C=O) groups is 2. The number of amides is 2. The highest BCUT2D eigenvalue weighted by Crippen LogP contribution is 2.17. The van der Waals surface area contributed by atoms with E-state index in [9.17, 15) is 9.59 Å². The van der Waals surface area contributed by atoms with Crippen molar-refractivity contribution < 1.29 is 14.3 Å². The normalized spacial score (nSPS) is 19.9. The molecule has 138 valence electrons. The van der Waals surface area contributed by atoms with Gasteiger partial charge in [0.25, 0.3) is 5.91 Å². The lowest BCUT2D eigenvalue weighted by Crippen LogP contribution is -2.48. The third-order valence-electron chi connectivity index (χ3n) is 4.43. The van der Waals surface area contributed by atoms with E-state index in [1.807, 2.05) is 19.1 Å². The van der Waals surface area contributed by atoms with Gasteiger partial charge in [0.05, 0.1) is 12.2 Å². The largest absolute Gasteiger partial charge is 0.493 e. The Kier molecular flexibility index (Phi) is 7.73. The van der Waals surface area contributed by atoms with Gasteiger partial charge in [-0.05, 0) is 50.9 Å². The number of nitrogens with one attached hydrogen (secondary N) is 3. The number of hydrogen-bond acceptors (Lipinski definition) is 4. The molecule has 2 atom stereocenters. The lowest BCUT2D eigenvalue weighted by Gasteiger charge is -2.30. The van der Waals surface area contributed by atoms with Gasteiger partial charge in [0.15, 0.2) is 0 Å². The smallest absolute Gasteiger partial charge is 0.255 e. The molecular formula is C19H29N3O3. The van der Waals surface area contributed by atoms with E-state index in [2.05, 4.69) is 22.9 Å². The first-order valence-corrected chi connectivity index (χ1v) is 9.12. The van der Waals surface area contributed by atoms with Crippen LogP contribution in [-0.2, 0) is 4.79 Å². The first-order valence-electron chi connectivity index (χ1n) is 9.12. The number of rotatable bonds is 8. The summed E-state index contributed by atoms with van der Waals surface area (Å²) in [6.45, 7) is 6.91. The lowest BCUT2D eigenvalue weighted by atomic mass is 9.95. The summed E-state index contributed by atoms with van der Waals surface area (Å²) in [6, 6.07) is 7.43. The topological polar surface area (TPSA) is 79.5 Å². The molecule has 25 heavy (non-hydrogen) atoms. The van der Waals surface area contributed by atoms with E-state index in [1.165, 1.54) is 0 Å². The second kappa shape index (κ2) is 10.0. The molecule has 1 aliphatic rings. The Morgan fingerprint density at radius 2 is 2.12 bits per heavy atom. The molecule has 0 aliphatic carbocycles. The first kappa shape index (κ1) is 19.2. The van der Waals surface area contributed by atoms with Crippen LogP contribution in [0.25, 0.3) is 0 Å². The number of carbonyl (C=O) groups excluding carboxylic acids is 2. The molecule has 2 amide bonds. The molecule has 1 saturated heterocycles. The molecule has 0 aromatic heterocycles. The summed E-state index contributed by atoms with van der Waals surface area (Å²) in [5, 5.41) is 9.28. The predicted molar refractivity (Wildman–Crippen MR) is 97.8 cm³/mol. The highest BCUT2D eigenvalue weighted by molar-refractivity contribution is 5.96. The molecule has 1 fully saturated rings. The van der Waals surface area contributed by atoms with Crippen LogP contribution in [0, 0.1) is 5.92 Å². The summed E-state index contributed by atoms with van der Waals surface area (Å²) < 4.78 is 5.47. The molecule has 6 heteroatoms. The maximum Gasteiger partial charge on any atom is 0.255 e. The minimum atomic E-state index is -0.170. The van der Waals surface area contributed by atoms with Crippen molar-refractivity contribution in [1.82, 2.24) is 16.0 Å². The highest BCUT2D eigenvalue weighted by Gasteiger charge is 2.22. The average Bonchev–Trinajstić information content (AvgIpc) is 2.61. The zero-order valence-electron chi connectivity index (χ0n) is 15.1. The van der Waals surface area contributed by atoms with E-state index < -0.39 is 0 Å². The second-order valence-electron chi connectivity index (χ2n) is 6.43. The molecule has 0 radical (unpaired) electrons. The summed E-state index contributed by atoms with van der Waals surface area (Å²) in [4.78, 5) is 24.3. The van der Waals surface area contributed by atoms with Gasteiger partial charge in [-0.2, -0.15) is 0 Å². The molecular weight excluding hydrogens is 318 g/mol. The standard InChI is InChI=1S/C19H29N3O3/c1-3-25-17-8-5-4-7-15(17)19(24)21-11-6-9-18(23)22-16-10-12-20-13-14(16)2/h4-5,7-8,14,16,20H,3,6,9-13H2,1-2H3,(H,21,24)(H,22,23). The Balaban J connectivity index is 1.70. The Hall–Kier alpha value is -2.08. The van der Waals surface area contributed by atoms with Crippen molar-refractivity contribution in [3.8, 4) is 5.75 Å². The van der Waals surface area contributed by atoms with Crippen molar-refractivity contribution >= 4 is 11.8 Å². The van der Waals surface area contributed by atoms with Crippen molar-refractivity contribution in [2.75, 3.05) is 26.2 Å². The van der Waals surface area contributed by atoms with E-state index in [-0.39, 0.29) is 17.9 Å². The summed E-state index contributed by atoms with van der Waals surface area (Å²) in [6.07, 6.45) is 2.01. The van der Waals surface area contributed by atoms with Crippen LogP contribution in [0.15, 0.2) is 24.3 Å². The second-order valence-corrected chi connectivity index (χ2v) is 6.43. The lowest BCUT2D eigenvalue weighted by molar-refractivity contribution is -0.122. The summed E-state index contributed by atoms with van der Waals surface area (Å²) >= 11 is 0. The van der Waals surface area contributed by atoms with Crippen LogP contribution in [0.2, 0.25) is 0 Å².